The first kappa shape index (κ1) is 14.5. The highest BCUT2D eigenvalue weighted by Crippen LogP contribution is 2.23. The molecule has 6 heteroatoms. The molecule has 1 fully saturated rings. The fourth-order valence-electron chi connectivity index (χ4n) is 2.05. The van der Waals surface area contributed by atoms with Gasteiger partial charge >= 0.3 is 0 Å². The van der Waals surface area contributed by atoms with Gasteiger partial charge in [0.25, 0.3) is 0 Å². The van der Waals surface area contributed by atoms with Gasteiger partial charge in [-0.05, 0) is 26.0 Å². The van der Waals surface area contributed by atoms with Crippen molar-refractivity contribution in [3.8, 4) is 0 Å². The summed E-state index contributed by atoms with van der Waals surface area (Å²) in [5.41, 5.74) is 0.192. The molecule has 106 valence electrons. The second kappa shape index (κ2) is 5.20. The van der Waals surface area contributed by atoms with E-state index in [0.717, 1.165) is 5.56 Å². The molecule has 0 bridgehead atoms. The van der Waals surface area contributed by atoms with Gasteiger partial charge in [-0.2, -0.15) is 4.31 Å². The van der Waals surface area contributed by atoms with Gasteiger partial charge in [-0.25, -0.2) is 8.42 Å². The molecular weight excluding hydrogens is 266 g/mol. The van der Waals surface area contributed by atoms with E-state index in [1.807, 2.05) is 6.92 Å². The average Bonchev–Trinajstić information content (AvgIpc) is 2.39. The Morgan fingerprint density at radius 3 is 2.58 bits per heavy atom. The van der Waals surface area contributed by atoms with Crippen LogP contribution in [0.5, 0.6) is 0 Å². The summed E-state index contributed by atoms with van der Waals surface area (Å²) in [6.45, 7) is 4.19. The van der Waals surface area contributed by atoms with Crippen LogP contribution in [0.25, 0.3) is 0 Å². The zero-order valence-corrected chi connectivity index (χ0v) is 12.0. The number of morpholine rings is 1. The molecule has 5 nitrogen and oxygen atoms in total. The van der Waals surface area contributed by atoms with E-state index in [2.05, 4.69) is 0 Å². The number of nitrogens with zero attached hydrogens (tertiary/aromatic N) is 1. The van der Waals surface area contributed by atoms with Crippen LogP contribution in [0.1, 0.15) is 12.5 Å². The summed E-state index contributed by atoms with van der Waals surface area (Å²) in [7, 11) is -3.52. The fraction of sp³-hybridized carbons (Fsp3) is 0.538. The minimum absolute atomic E-state index is 0.166. The first-order valence-electron chi connectivity index (χ1n) is 6.19. The van der Waals surface area contributed by atoms with Crippen molar-refractivity contribution in [3.63, 3.8) is 0 Å². The Morgan fingerprint density at radius 2 is 2.00 bits per heavy atom. The van der Waals surface area contributed by atoms with Gasteiger partial charge in [0, 0.05) is 13.1 Å². The van der Waals surface area contributed by atoms with Gasteiger partial charge in [-0.15, -0.1) is 0 Å². The van der Waals surface area contributed by atoms with E-state index in [9.17, 15) is 13.5 Å². The smallest absolute Gasteiger partial charge is 0.243 e. The topological polar surface area (TPSA) is 66.8 Å². The summed E-state index contributed by atoms with van der Waals surface area (Å²) in [5, 5.41) is 9.29. The van der Waals surface area contributed by atoms with Gasteiger partial charge in [0.05, 0.1) is 18.1 Å². The van der Waals surface area contributed by atoms with Gasteiger partial charge in [-0.3, -0.25) is 0 Å². The molecule has 0 aromatic heterocycles. The molecule has 0 amide bonds. The highest BCUT2D eigenvalue weighted by atomic mass is 32.2. The van der Waals surface area contributed by atoms with Crippen molar-refractivity contribution in [1.29, 1.82) is 0 Å². The Balaban J connectivity index is 2.27. The number of aliphatic hydroxyl groups is 1. The van der Waals surface area contributed by atoms with Gasteiger partial charge in [0.2, 0.25) is 10.0 Å². The number of rotatable bonds is 3. The molecule has 1 aliphatic heterocycles. The van der Waals surface area contributed by atoms with E-state index in [-0.39, 0.29) is 18.0 Å². The summed E-state index contributed by atoms with van der Waals surface area (Å²) in [4.78, 5) is 0.278. The van der Waals surface area contributed by atoms with Crippen LogP contribution in [0.4, 0.5) is 0 Å². The van der Waals surface area contributed by atoms with Crippen molar-refractivity contribution < 1.29 is 18.3 Å². The maximum atomic E-state index is 12.5. The SMILES string of the molecule is Cc1ccc(S(=O)(=O)N2CCOC(C)(CO)C2)cc1. The monoisotopic (exact) mass is 285 g/mol. The fourth-order valence-corrected chi connectivity index (χ4v) is 3.59. The van der Waals surface area contributed by atoms with E-state index in [1.165, 1.54) is 4.31 Å². The van der Waals surface area contributed by atoms with E-state index in [0.29, 0.717) is 13.2 Å². The normalized spacial score (nSPS) is 25.4. The zero-order chi connectivity index (χ0) is 14.1. The maximum absolute atomic E-state index is 12.5. The number of hydrogen-bond acceptors (Lipinski definition) is 4. The van der Waals surface area contributed by atoms with E-state index in [4.69, 9.17) is 4.74 Å². The second-order valence-corrected chi connectivity index (χ2v) is 7.05. The predicted octanol–water partition coefficient (Wildman–Crippen LogP) is 0.767. The molecule has 1 saturated heterocycles. The van der Waals surface area contributed by atoms with Crippen LogP contribution >= 0.6 is 0 Å². The van der Waals surface area contributed by atoms with Crippen molar-refractivity contribution in [2.75, 3.05) is 26.3 Å². The lowest BCUT2D eigenvalue weighted by Crippen LogP contribution is -2.53. The van der Waals surface area contributed by atoms with Crippen LogP contribution in [0.2, 0.25) is 0 Å². The predicted molar refractivity (Wildman–Crippen MR) is 71.4 cm³/mol. The lowest BCUT2D eigenvalue weighted by Gasteiger charge is -2.38. The average molecular weight is 285 g/mol. The van der Waals surface area contributed by atoms with Crippen molar-refractivity contribution in [3.05, 3.63) is 29.8 Å². The third-order valence-electron chi connectivity index (χ3n) is 3.30. The summed E-state index contributed by atoms with van der Waals surface area (Å²) in [6, 6.07) is 6.77. The first-order valence-corrected chi connectivity index (χ1v) is 7.63. The number of aryl methyl sites for hydroxylation is 1. The minimum atomic E-state index is -3.52. The third-order valence-corrected chi connectivity index (χ3v) is 5.15. The molecule has 0 radical (unpaired) electrons. The number of benzene rings is 1. The van der Waals surface area contributed by atoms with Crippen LogP contribution in [0.3, 0.4) is 0 Å². The van der Waals surface area contributed by atoms with E-state index in [1.54, 1.807) is 31.2 Å². The van der Waals surface area contributed by atoms with Crippen LogP contribution in [0, 0.1) is 6.92 Å². The molecule has 1 unspecified atom stereocenters. The van der Waals surface area contributed by atoms with Crippen LogP contribution in [-0.2, 0) is 14.8 Å². The molecule has 2 rings (SSSR count). The van der Waals surface area contributed by atoms with E-state index < -0.39 is 15.6 Å². The third kappa shape index (κ3) is 2.97. The molecule has 0 aliphatic carbocycles. The van der Waals surface area contributed by atoms with Crippen LogP contribution in [0.15, 0.2) is 29.2 Å². The number of hydrogen-bond donors (Lipinski definition) is 1. The largest absolute Gasteiger partial charge is 0.393 e. The van der Waals surface area contributed by atoms with Gasteiger partial charge in [-0.1, -0.05) is 17.7 Å². The summed E-state index contributed by atoms with van der Waals surface area (Å²) in [5.74, 6) is 0. The van der Waals surface area contributed by atoms with Crippen LogP contribution in [-0.4, -0.2) is 49.7 Å². The molecule has 1 heterocycles. The number of ether oxygens (including phenoxy) is 1. The van der Waals surface area contributed by atoms with Crippen molar-refractivity contribution >= 4 is 10.0 Å². The Kier molecular flexibility index (Phi) is 3.96. The highest BCUT2D eigenvalue weighted by Gasteiger charge is 2.37. The molecule has 1 atom stereocenters. The molecule has 1 N–H and O–H groups in total. The molecule has 1 aromatic carbocycles. The molecular formula is C13H19NO4S. The second-order valence-electron chi connectivity index (χ2n) is 5.11. The Bertz CT molecular complexity index is 540. The lowest BCUT2D eigenvalue weighted by molar-refractivity contribution is -0.104. The first-order chi connectivity index (χ1) is 8.87. The lowest BCUT2D eigenvalue weighted by atomic mass is 10.1. The van der Waals surface area contributed by atoms with Gasteiger partial charge in [0.15, 0.2) is 0 Å². The molecule has 0 saturated carbocycles. The highest BCUT2D eigenvalue weighted by molar-refractivity contribution is 7.89. The minimum Gasteiger partial charge on any atom is -0.393 e. The molecule has 19 heavy (non-hydrogen) atoms. The molecule has 0 spiro atoms. The molecule has 1 aliphatic rings. The zero-order valence-electron chi connectivity index (χ0n) is 11.2. The maximum Gasteiger partial charge on any atom is 0.243 e. The summed E-state index contributed by atoms with van der Waals surface area (Å²) >= 11 is 0. The van der Waals surface area contributed by atoms with Crippen LogP contribution < -0.4 is 0 Å². The Morgan fingerprint density at radius 1 is 1.37 bits per heavy atom. The van der Waals surface area contributed by atoms with Crippen molar-refractivity contribution in [2.45, 2.75) is 24.3 Å². The quantitative estimate of drug-likeness (QED) is 0.890. The van der Waals surface area contributed by atoms with Crippen molar-refractivity contribution in [1.82, 2.24) is 4.31 Å². The van der Waals surface area contributed by atoms with Gasteiger partial charge < -0.3 is 9.84 Å². The summed E-state index contributed by atoms with van der Waals surface area (Å²) < 4.78 is 31.8. The molecule has 1 aromatic rings. The Labute approximate surface area is 113 Å². The number of aliphatic hydroxyl groups excluding tert-OH is 1. The van der Waals surface area contributed by atoms with Crippen molar-refractivity contribution in [2.24, 2.45) is 0 Å². The number of sulfonamides is 1. The van der Waals surface area contributed by atoms with Gasteiger partial charge in [0.1, 0.15) is 5.60 Å². The summed E-state index contributed by atoms with van der Waals surface area (Å²) in [6.07, 6.45) is 0. The Hall–Kier alpha value is -0.950. The standard InChI is InChI=1S/C13H19NO4S/c1-11-3-5-12(6-4-11)19(16,17)14-7-8-18-13(2,9-14)10-15/h3-6,15H,7-10H2,1-2H3. The van der Waals surface area contributed by atoms with E-state index >= 15 is 0 Å².